The number of ether oxygens (including phenoxy) is 2. The van der Waals surface area contributed by atoms with Gasteiger partial charge in [0.05, 0.1) is 14.2 Å². The number of halogens is 2. The van der Waals surface area contributed by atoms with E-state index in [2.05, 4.69) is 0 Å². The van der Waals surface area contributed by atoms with E-state index in [1.54, 1.807) is 12.1 Å². The Morgan fingerprint density at radius 2 is 1.53 bits per heavy atom. The number of phenols is 1. The molecule has 5 heteroatoms. The van der Waals surface area contributed by atoms with E-state index >= 15 is 0 Å². The Morgan fingerprint density at radius 3 is 2.05 bits per heavy atom. The Kier molecular flexibility index (Phi) is 4.08. The molecule has 0 aliphatic rings. The molecule has 0 radical (unpaired) electrons. The lowest BCUT2D eigenvalue weighted by Gasteiger charge is -2.15. The van der Waals surface area contributed by atoms with Crippen LogP contribution in [-0.2, 0) is 0 Å². The van der Waals surface area contributed by atoms with Gasteiger partial charge in [0.25, 0.3) is 0 Å². The molecule has 1 N–H and O–H groups in total. The van der Waals surface area contributed by atoms with E-state index in [-0.39, 0.29) is 10.8 Å². The number of hydrogen-bond acceptors (Lipinski definition) is 3. The van der Waals surface area contributed by atoms with Crippen molar-refractivity contribution >= 4 is 23.2 Å². The molecule has 0 amide bonds. The van der Waals surface area contributed by atoms with Crippen LogP contribution in [0, 0.1) is 0 Å². The van der Waals surface area contributed by atoms with Gasteiger partial charge in [-0.05, 0) is 23.8 Å². The molecule has 0 saturated heterocycles. The number of rotatable bonds is 3. The van der Waals surface area contributed by atoms with E-state index in [0.29, 0.717) is 22.1 Å². The van der Waals surface area contributed by atoms with Crippen LogP contribution in [0.5, 0.6) is 17.2 Å². The first kappa shape index (κ1) is 13.8. The lowest BCUT2D eigenvalue weighted by molar-refractivity contribution is 0.353. The number of methoxy groups -OCH3 is 2. The van der Waals surface area contributed by atoms with Crippen molar-refractivity contribution in [3.05, 3.63) is 40.4 Å². The summed E-state index contributed by atoms with van der Waals surface area (Å²) in [6.07, 6.45) is 0. The summed E-state index contributed by atoms with van der Waals surface area (Å²) < 4.78 is 10.5. The number of phenolic OH excluding ortho intramolecular Hbond substituents is 1. The zero-order chi connectivity index (χ0) is 14.0. The molecule has 19 heavy (non-hydrogen) atoms. The molecule has 0 aliphatic carbocycles. The maximum Gasteiger partial charge on any atom is 0.183 e. The van der Waals surface area contributed by atoms with Gasteiger partial charge in [0.2, 0.25) is 0 Å². The summed E-state index contributed by atoms with van der Waals surface area (Å²) in [7, 11) is 2.99. The van der Waals surface area contributed by atoms with Crippen molar-refractivity contribution in [3.63, 3.8) is 0 Å². The van der Waals surface area contributed by atoms with Gasteiger partial charge in [0.15, 0.2) is 11.5 Å². The molecule has 0 unspecified atom stereocenters. The van der Waals surface area contributed by atoms with Gasteiger partial charge in [-0.25, -0.2) is 0 Å². The predicted molar refractivity (Wildman–Crippen MR) is 76.7 cm³/mol. The topological polar surface area (TPSA) is 38.7 Å². The summed E-state index contributed by atoms with van der Waals surface area (Å²) >= 11 is 11.8. The van der Waals surface area contributed by atoms with Crippen LogP contribution in [0.2, 0.25) is 10.0 Å². The van der Waals surface area contributed by atoms with Gasteiger partial charge in [-0.3, -0.25) is 0 Å². The van der Waals surface area contributed by atoms with Crippen molar-refractivity contribution in [1.82, 2.24) is 0 Å². The van der Waals surface area contributed by atoms with E-state index in [0.717, 1.165) is 5.56 Å². The van der Waals surface area contributed by atoms with Crippen molar-refractivity contribution in [2.45, 2.75) is 0 Å². The molecule has 0 spiro atoms. The standard InChI is InChI=1S/C14H12Cl2O3/c1-18-13-10(8-3-5-9(15)6-4-8)7-11(17)12(16)14(13)19-2/h3-7,17H,1-2H3. The van der Waals surface area contributed by atoms with Crippen LogP contribution in [0.1, 0.15) is 0 Å². The minimum atomic E-state index is -0.0655. The molecule has 0 heterocycles. The molecule has 2 aromatic rings. The maximum absolute atomic E-state index is 9.85. The summed E-state index contributed by atoms with van der Waals surface area (Å²) in [4.78, 5) is 0. The first-order valence-corrected chi connectivity index (χ1v) is 6.23. The molecule has 3 nitrogen and oxygen atoms in total. The summed E-state index contributed by atoms with van der Waals surface area (Å²) in [6.45, 7) is 0. The van der Waals surface area contributed by atoms with Gasteiger partial charge < -0.3 is 14.6 Å². The molecular weight excluding hydrogens is 287 g/mol. The summed E-state index contributed by atoms with van der Waals surface area (Å²) in [5.74, 6) is 0.700. The average Bonchev–Trinajstić information content (AvgIpc) is 2.42. The highest BCUT2D eigenvalue weighted by molar-refractivity contribution is 6.34. The van der Waals surface area contributed by atoms with E-state index in [1.165, 1.54) is 20.3 Å². The lowest BCUT2D eigenvalue weighted by Crippen LogP contribution is -1.94. The van der Waals surface area contributed by atoms with Crippen molar-refractivity contribution < 1.29 is 14.6 Å². The summed E-state index contributed by atoms with van der Waals surface area (Å²) in [5, 5.41) is 10.6. The summed E-state index contributed by atoms with van der Waals surface area (Å²) in [6, 6.07) is 8.70. The van der Waals surface area contributed by atoms with Crippen LogP contribution in [0.15, 0.2) is 30.3 Å². The van der Waals surface area contributed by atoms with Crippen molar-refractivity contribution in [2.24, 2.45) is 0 Å². The third-order valence-corrected chi connectivity index (χ3v) is 3.34. The third-order valence-electron chi connectivity index (χ3n) is 2.72. The molecule has 0 atom stereocenters. The quantitative estimate of drug-likeness (QED) is 0.914. The van der Waals surface area contributed by atoms with Crippen molar-refractivity contribution in [1.29, 1.82) is 0 Å². The van der Waals surface area contributed by atoms with Crippen LogP contribution < -0.4 is 9.47 Å². The second kappa shape index (κ2) is 5.59. The maximum atomic E-state index is 9.85. The molecule has 0 aliphatic heterocycles. The fourth-order valence-electron chi connectivity index (χ4n) is 1.83. The first-order valence-electron chi connectivity index (χ1n) is 5.48. The Hall–Kier alpha value is -1.58. The average molecular weight is 299 g/mol. The number of hydrogen-bond donors (Lipinski definition) is 1. The molecule has 0 fully saturated rings. The normalized spacial score (nSPS) is 10.3. The van der Waals surface area contributed by atoms with Gasteiger partial charge in [0.1, 0.15) is 10.8 Å². The van der Waals surface area contributed by atoms with Crippen LogP contribution in [0.4, 0.5) is 0 Å². The highest BCUT2D eigenvalue weighted by atomic mass is 35.5. The molecule has 0 aromatic heterocycles. The Bertz CT molecular complexity index is 595. The zero-order valence-electron chi connectivity index (χ0n) is 10.4. The van der Waals surface area contributed by atoms with Crippen molar-refractivity contribution in [2.75, 3.05) is 14.2 Å². The van der Waals surface area contributed by atoms with Crippen LogP contribution in [0.3, 0.4) is 0 Å². The fourth-order valence-corrected chi connectivity index (χ4v) is 2.18. The zero-order valence-corrected chi connectivity index (χ0v) is 11.9. The fraction of sp³-hybridized carbons (Fsp3) is 0.143. The van der Waals surface area contributed by atoms with E-state index in [9.17, 15) is 5.11 Å². The Balaban J connectivity index is 2.69. The van der Waals surface area contributed by atoms with Crippen LogP contribution in [0.25, 0.3) is 11.1 Å². The van der Waals surface area contributed by atoms with E-state index in [1.807, 2.05) is 12.1 Å². The van der Waals surface area contributed by atoms with Gasteiger partial charge in [-0.15, -0.1) is 0 Å². The predicted octanol–water partition coefficient (Wildman–Crippen LogP) is 4.38. The second-order valence-corrected chi connectivity index (χ2v) is 4.65. The molecule has 100 valence electrons. The third kappa shape index (κ3) is 2.57. The lowest BCUT2D eigenvalue weighted by atomic mass is 10.0. The SMILES string of the molecule is COc1c(-c2ccc(Cl)cc2)cc(O)c(Cl)c1OC. The highest BCUT2D eigenvalue weighted by Gasteiger charge is 2.19. The number of aromatic hydroxyl groups is 1. The monoisotopic (exact) mass is 298 g/mol. The van der Waals surface area contributed by atoms with Crippen molar-refractivity contribution in [3.8, 4) is 28.4 Å². The van der Waals surface area contributed by atoms with Crippen LogP contribution >= 0.6 is 23.2 Å². The van der Waals surface area contributed by atoms with Gasteiger partial charge >= 0.3 is 0 Å². The number of benzene rings is 2. The molecule has 2 aromatic carbocycles. The minimum absolute atomic E-state index is 0.0655. The highest BCUT2D eigenvalue weighted by Crippen LogP contribution is 2.47. The summed E-state index contributed by atoms with van der Waals surface area (Å²) in [5.41, 5.74) is 1.52. The van der Waals surface area contributed by atoms with E-state index < -0.39 is 0 Å². The molecular formula is C14H12Cl2O3. The molecule has 0 bridgehead atoms. The van der Waals surface area contributed by atoms with Crippen LogP contribution in [-0.4, -0.2) is 19.3 Å². The Labute approximate surface area is 121 Å². The van der Waals surface area contributed by atoms with Gasteiger partial charge in [-0.2, -0.15) is 0 Å². The van der Waals surface area contributed by atoms with E-state index in [4.69, 9.17) is 32.7 Å². The second-order valence-electron chi connectivity index (χ2n) is 3.83. The van der Waals surface area contributed by atoms with Gasteiger partial charge in [0, 0.05) is 10.6 Å². The first-order chi connectivity index (χ1) is 9.08. The smallest absolute Gasteiger partial charge is 0.183 e. The minimum Gasteiger partial charge on any atom is -0.506 e. The Morgan fingerprint density at radius 1 is 0.947 bits per heavy atom. The molecule has 2 rings (SSSR count). The molecule has 0 saturated carbocycles. The largest absolute Gasteiger partial charge is 0.506 e. The van der Waals surface area contributed by atoms with Gasteiger partial charge in [-0.1, -0.05) is 35.3 Å².